The second-order valence-corrected chi connectivity index (χ2v) is 8.76. The predicted molar refractivity (Wildman–Crippen MR) is 118 cm³/mol. The lowest BCUT2D eigenvalue weighted by atomic mass is 10.0. The lowest BCUT2D eigenvalue weighted by Crippen LogP contribution is -2.32. The van der Waals surface area contributed by atoms with Gasteiger partial charge in [0.1, 0.15) is 11.0 Å². The molecule has 3 rings (SSSR count). The fraction of sp³-hybridized carbons (Fsp3) is 0.318. The van der Waals surface area contributed by atoms with Gasteiger partial charge >= 0.3 is 0 Å². The third kappa shape index (κ3) is 3.58. The van der Waals surface area contributed by atoms with Crippen molar-refractivity contribution in [2.45, 2.75) is 47.6 Å². The predicted octanol–water partition coefficient (Wildman–Crippen LogP) is 3.90. The van der Waals surface area contributed by atoms with Gasteiger partial charge in [-0.2, -0.15) is 0 Å². The second kappa shape index (κ2) is 7.48. The highest BCUT2D eigenvalue weighted by atomic mass is 32.1. The number of anilines is 1. The number of carbonyl (C=O) groups excluding carboxylic acids is 2. The molecule has 6 nitrogen and oxygen atoms in total. The van der Waals surface area contributed by atoms with E-state index in [9.17, 15) is 14.4 Å². The number of hydrogen-bond acceptors (Lipinski definition) is 4. The first-order chi connectivity index (χ1) is 13.5. The molecule has 2 heterocycles. The fourth-order valence-electron chi connectivity index (χ4n) is 3.75. The van der Waals surface area contributed by atoms with Crippen LogP contribution in [0.3, 0.4) is 0 Å². The summed E-state index contributed by atoms with van der Waals surface area (Å²) in [6.45, 7) is 11.2. The van der Waals surface area contributed by atoms with Crippen molar-refractivity contribution in [3.05, 3.63) is 61.2 Å². The first-order valence-electron chi connectivity index (χ1n) is 9.36. The minimum absolute atomic E-state index is 0.238. The molecular formula is C22H25N3O3S. The number of nitrogens with two attached hydrogens (primary N) is 1. The normalized spacial score (nSPS) is 12.2. The number of primary amides is 1. The van der Waals surface area contributed by atoms with Crippen molar-refractivity contribution in [3.63, 3.8) is 0 Å². The summed E-state index contributed by atoms with van der Waals surface area (Å²) in [5.74, 6) is -0.958. The molecule has 0 radical (unpaired) electrons. The van der Waals surface area contributed by atoms with Crippen LogP contribution in [0.15, 0.2) is 23.0 Å². The number of amides is 2. The lowest BCUT2D eigenvalue weighted by Gasteiger charge is -2.20. The molecule has 152 valence electrons. The van der Waals surface area contributed by atoms with Gasteiger partial charge in [-0.05, 0) is 64.3 Å². The molecular weight excluding hydrogens is 386 g/mol. The molecule has 29 heavy (non-hydrogen) atoms. The Bertz CT molecular complexity index is 1220. The van der Waals surface area contributed by atoms with E-state index in [4.69, 9.17) is 5.73 Å². The van der Waals surface area contributed by atoms with Gasteiger partial charge in [0.2, 0.25) is 5.91 Å². The smallest absolute Gasteiger partial charge is 0.252 e. The molecule has 0 aliphatic heterocycles. The third-order valence-electron chi connectivity index (χ3n) is 5.32. The molecule has 1 atom stereocenters. The van der Waals surface area contributed by atoms with E-state index in [-0.39, 0.29) is 11.5 Å². The number of benzene rings is 1. The van der Waals surface area contributed by atoms with Crippen LogP contribution in [0.1, 0.15) is 50.5 Å². The van der Waals surface area contributed by atoms with Crippen LogP contribution in [-0.4, -0.2) is 16.4 Å². The molecule has 0 fully saturated rings. The van der Waals surface area contributed by atoms with E-state index in [1.54, 1.807) is 19.9 Å². The van der Waals surface area contributed by atoms with Crippen LogP contribution in [0.4, 0.5) is 5.00 Å². The maximum absolute atomic E-state index is 13.1. The Morgan fingerprint density at radius 3 is 2.34 bits per heavy atom. The van der Waals surface area contributed by atoms with Crippen molar-refractivity contribution in [2.75, 3.05) is 5.32 Å². The topological polar surface area (TPSA) is 94.2 Å². The molecule has 0 bridgehead atoms. The van der Waals surface area contributed by atoms with Gasteiger partial charge in [0.05, 0.1) is 11.1 Å². The Balaban J connectivity index is 2.10. The number of thiophene rings is 1. The van der Waals surface area contributed by atoms with Gasteiger partial charge in [0.15, 0.2) is 0 Å². The SMILES string of the molecule is Cc1cc(C)c2c(c1)c(C)cc(=O)n2C(C)C(=O)Nc1sc(C)c(C)c1C(N)=O. The molecule has 0 aliphatic rings. The molecule has 7 heteroatoms. The van der Waals surface area contributed by atoms with Crippen molar-refractivity contribution >= 4 is 39.1 Å². The molecule has 0 saturated carbocycles. The third-order valence-corrected chi connectivity index (χ3v) is 6.45. The zero-order valence-corrected chi connectivity index (χ0v) is 18.3. The highest BCUT2D eigenvalue weighted by Crippen LogP contribution is 2.33. The molecule has 3 N–H and O–H groups in total. The van der Waals surface area contributed by atoms with Crippen LogP contribution in [0, 0.1) is 34.6 Å². The van der Waals surface area contributed by atoms with Crippen molar-refractivity contribution in [1.82, 2.24) is 4.57 Å². The number of nitrogens with zero attached hydrogens (tertiary/aromatic N) is 1. The van der Waals surface area contributed by atoms with Gasteiger partial charge in [-0.25, -0.2) is 0 Å². The summed E-state index contributed by atoms with van der Waals surface area (Å²) in [6.07, 6.45) is 0. The lowest BCUT2D eigenvalue weighted by molar-refractivity contribution is -0.118. The van der Waals surface area contributed by atoms with E-state index >= 15 is 0 Å². The number of aryl methyl sites for hydroxylation is 4. The van der Waals surface area contributed by atoms with E-state index in [0.717, 1.165) is 38.0 Å². The zero-order chi connectivity index (χ0) is 21.6. The molecule has 2 aromatic heterocycles. The molecule has 0 spiro atoms. The van der Waals surface area contributed by atoms with Crippen molar-refractivity contribution in [1.29, 1.82) is 0 Å². The Morgan fingerprint density at radius 1 is 1.07 bits per heavy atom. The van der Waals surface area contributed by atoms with Gasteiger partial charge in [-0.15, -0.1) is 11.3 Å². The van der Waals surface area contributed by atoms with E-state index in [1.807, 2.05) is 39.8 Å². The number of carbonyl (C=O) groups is 2. The first kappa shape index (κ1) is 20.8. The van der Waals surface area contributed by atoms with Crippen LogP contribution in [0.2, 0.25) is 0 Å². The first-order valence-corrected chi connectivity index (χ1v) is 10.2. The van der Waals surface area contributed by atoms with Crippen LogP contribution in [0.25, 0.3) is 10.9 Å². The van der Waals surface area contributed by atoms with Crippen LogP contribution < -0.4 is 16.6 Å². The van der Waals surface area contributed by atoms with Crippen LogP contribution in [-0.2, 0) is 4.79 Å². The number of aromatic nitrogens is 1. The summed E-state index contributed by atoms with van der Waals surface area (Å²) in [7, 11) is 0. The largest absolute Gasteiger partial charge is 0.365 e. The fourth-order valence-corrected chi connectivity index (χ4v) is 4.82. The minimum Gasteiger partial charge on any atom is -0.365 e. The molecule has 3 aromatic rings. The van der Waals surface area contributed by atoms with Gasteiger partial charge in [-0.1, -0.05) is 11.6 Å². The van der Waals surface area contributed by atoms with Gasteiger partial charge in [0.25, 0.3) is 11.5 Å². The van der Waals surface area contributed by atoms with Gasteiger partial charge in [0, 0.05) is 16.3 Å². The summed E-state index contributed by atoms with van der Waals surface area (Å²) in [5.41, 5.74) is 9.99. The molecule has 2 amide bonds. The number of nitrogens with one attached hydrogen (secondary N) is 1. The van der Waals surface area contributed by atoms with E-state index < -0.39 is 11.9 Å². The zero-order valence-electron chi connectivity index (χ0n) is 17.5. The number of hydrogen-bond donors (Lipinski definition) is 2. The quantitative estimate of drug-likeness (QED) is 0.682. The number of fused-ring (bicyclic) bond motifs is 1. The standard InChI is InChI=1S/C22H25N3O3S/c1-10-7-12(3)19-16(8-10)11(2)9-17(26)25(19)14(5)21(28)24-22-18(20(23)27)13(4)15(6)29-22/h7-9,14H,1-6H3,(H2,23,27)(H,24,28). The van der Waals surface area contributed by atoms with Crippen molar-refractivity contribution in [2.24, 2.45) is 5.73 Å². The van der Waals surface area contributed by atoms with Crippen LogP contribution in [0.5, 0.6) is 0 Å². The Kier molecular flexibility index (Phi) is 5.36. The van der Waals surface area contributed by atoms with Crippen molar-refractivity contribution < 1.29 is 9.59 Å². The molecule has 1 unspecified atom stereocenters. The van der Waals surface area contributed by atoms with Gasteiger partial charge < -0.3 is 11.1 Å². The van der Waals surface area contributed by atoms with E-state index in [2.05, 4.69) is 5.32 Å². The second-order valence-electron chi connectivity index (χ2n) is 7.53. The Morgan fingerprint density at radius 2 is 1.72 bits per heavy atom. The van der Waals surface area contributed by atoms with E-state index in [0.29, 0.717) is 10.6 Å². The molecule has 0 aliphatic carbocycles. The maximum atomic E-state index is 13.1. The average molecular weight is 412 g/mol. The average Bonchev–Trinajstić information content (AvgIpc) is 2.89. The monoisotopic (exact) mass is 411 g/mol. The summed E-state index contributed by atoms with van der Waals surface area (Å²) in [6, 6.07) is 4.81. The van der Waals surface area contributed by atoms with Crippen LogP contribution >= 0.6 is 11.3 Å². The summed E-state index contributed by atoms with van der Waals surface area (Å²) < 4.78 is 1.52. The minimum atomic E-state index is -0.768. The molecule has 0 saturated heterocycles. The number of rotatable bonds is 4. The van der Waals surface area contributed by atoms with Crippen molar-refractivity contribution in [3.8, 4) is 0 Å². The Labute approximate surface area is 173 Å². The maximum Gasteiger partial charge on any atom is 0.252 e. The summed E-state index contributed by atoms with van der Waals surface area (Å²) >= 11 is 1.31. The summed E-state index contributed by atoms with van der Waals surface area (Å²) in [5, 5.41) is 4.17. The highest BCUT2D eigenvalue weighted by molar-refractivity contribution is 7.16. The molecule has 1 aromatic carbocycles. The number of pyridine rings is 1. The van der Waals surface area contributed by atoms with E-state index in [1.165, 1.54) is 15.9 Å². The summed E-state index contributed by atoms with van der Waals surface area (Å²) in [4.78, 5) is 38.6. The van der Waals surface area contributed by atoms with Gasteiger partial charge in [-0.3, -0.25) is 19.0 Å². The Hall–Kier alpha value is -2.93. The highest BCUT2D eigenvalue weighted by Gasteiger charge is 2.24.